The molecule has 0 atom stereocenters. The maximum absolute atomic E-state index is 5.28. The van der Waals surface area contributed by atoms with Crippen molar-refractivity contribution in [1.29, 1.82) is 0 Å². The third kappa shape index (κ3) is 1.93. The summed E-state index contributed by atoms with van der Waals surface area (Å²) in [5, 5.41) is 0. The van der Waals surface area contributed by atoms with Crippen LogP contribution in [-0.2, 0) is 4.74 Å². The summed E-state index contributed by atoms with van der Waals surface area (Å²) in [5.41, 5.74) is 1.95. The SMILES string of the molecule is C=C(c1ccccn1)N1CCOCC1. The quantitative estimate of drug-likeness (QED) is 0.704. The monoisotopic (exact) mass is 190 g/mol. The molecule has 1 fully saturated rings. The number of rotatable bonds is 2. The second-order valence-corrected chi connectivity index (χ2v) is 3.26. The lowest BCUT2D eigenvalue weighted by atomic mass is 10.2. The van der Waals surface area contributed by atoms with Gasteiger partial charge in [0.05, 0.1) is 24.6 Å². The second-order valence-electron chi connectivity index (χ2n) is 3.26. The molecule has 0 radical (unpaired) electrons. The standard InChI is InChI=1S/C11H14N2O/c1-10(11-4-2-3-5-12-11)13-6-8-14-9-7-13/h2-5H,1,6-9H2. The van der Waals surface area contributed by atoms with Gasteiger partial charge in [0.2, 0.25) is 0 Å². The minimum atomic E-state index is 0.784. The summed E-state index contributed by atoms with van der Waals surface area (Å²) < 4.78 is 5.28. The minimum absolute atomic E-state index is 0.784. The Kier molecular flexibility index (Phi) is 2.79. The number of nitrogens with zero attached hydrogens (tertiary/aromatic N) is 2. The molecule has 1 aromatic heterocycles. The highest BCUT2D eigenvalue weighted by Crippen LogP contribution is 2.15. The van der Waals surface area contributed by atoms with Crippen molar-refractivity contribution < 1.29 is 4.74 Å². The first-order valence-corrected chi connectivity index (χ1v) is 4.81. The van der Waals surface area contributed by atoms with Crippen LogP contribution in [0.5, 0.6) is 0 Å². The Balaban J connectivity index is 2.07. The predicted molar refractivity (Wildman–Crippen MR) is 55.7 cm³/mol. The lowest BCUT2D eigenvalue weighted by Crippen LogP contribution is -2.34. The Morgan fingerprint density at radius 2 is 2.14 bits per heavy atom. The number of aromatic nitrogens is 1. The van der Waals surface area contributed by atoms with Gasteiger partial charge in [-0.15, -0.1) is 0 Å². The summed E-state index contributed by atoms with van der Waals surface area (Å²) in [4.78, 5) is 6.49. The van der Waals surface area contributed by atoms with Gasteiger partial charge in [-0.1, -0.05) is 12.6 Å². The van der Waals surface area contributed by atoms with E-state index in [0.29, 0.717) is 0 Å². The van der Waals surface area contributed by atoms with Crippen LogP contribution in [0.4, 0.5) is 0 Å². The van der Waals surface area contributed by atoms with E-state index in [2.05, 4.69) is 16.5 Å². The maximum Gasteiger partial charge on any atom is 0.0856 e. The Morgan fingerprint density at radius 3 is 2.79 bits per heavy atom. The number of morpholine rings is 1. The van der Waals surface area contributed by atoms with Gasteiger partial charge in [-0.3, -0.25) is 4.98 Å². The zero-order chi connectivity index (χ0) is 9.80. The van der Waals surface area contributed by atoms with Gasteiger partial charge in [0, 0.05) is 19.3 Å². The highest BCUT2D eigenvalue weighted by molar-refractivity contribution is 5.58. The molecule has 0 N–H and O–H groups in total. The van der Waals surface area contributed by atoms with Gasteiger partial charge in [-0.2, -0.15) is 0 Å². The summed E-state index contributed by atoms with van der Waals surface area (Å²) in [6.07, 6.45) is 1.79. The van der Waals surface area contributed by atoms with E-state index in [1.54, 1.807) is 6.20 Å². The highest BCUT2D eigenvalue weighted by atomic mass is 16.5. The van der Waals surface area contributed by atoms with Crippen molar-refractivity contribution in [3.05, 3.63) is 36.7 Å². The first-order chi connectivity index (χ1) is 6.88. The largest absolute Gasteiger partial charge is 0.378 e. The molecule has 74 valence electrons. The normalized spacial score (nSPS) is 16.7. The number of hydrogen-bond acceptors (Lipinski definition) is 3. The van der Waals surface area contributed by atoms with Gasteiger partial charge in [0.25, 0.3) is 0 Å². The first kappa shape index (κ1) is 9.21. The Labute approximate surface area is 84.0 Å². The van der Waals surface area contributed by atoms with Crippen molar-refractivity contribution >= 4 is 5.70 Å². The van der Waals surface area contributed by atoms with Crippen LogP contribution in [0.1, 0.15) is 5.69 Å². The van der Waals surface area contributed by atoms with Gasteiger partial charge in [0.15, 0.2) is 0 Å². The fourth-order valence-electron chi connectivity index (χ4n) is 1.53. The number of ether oxygens (including phenoxy) is 1. The Morgan fingerprint density at radius 1 is 1.36 bits per heavy atom. The van der Waals surface area contributed by atoms with Crippen molar-refractivity contribution in [3.63, 3.8) is 0 Å². The zero-order valence-electron chi connectivity index (χ0n) is 8.15. The van der Waals surface area contributed by atoms with E-state index in [1.807, 2.05) is 18.2 Å². The average Bonchev–Trinajstić information content (AvgIpc) is 2.30. The molecule has 1 aliphatic rings. The van der Waals surface area contributed by atoms with E-state index in [0.717, 1.165) is 37.7 Å². The van der Waals surface area contributed by atoms with Crippen LogP contribution in [0.2, 0.25) is 0 Å². The van der Waals surface area contributed by atoms with Crippen molar-refractivity contribution in [2.45, 2.75) is 0 Å². The van der Waals surface area contributed by atoms with Gasteiger partial charge >= 0.3 is 0 Å². The van der Waals surface area contributed by atoms with Crippen LogP contribution in [0, 0.1) is 0 Å². The molecule has 1 saturated heterocycles. The molecule has 0 aliphatic carbocycles. The lowest BCUT2D eigenvalue weighted by molar-refractivity contribution is 0.0639. The lowest BCUT2D eigenvalue weighted by Gasteiger charge is -2.29. The van der Waals surface area contributed by atoms with E-state index in [1.165, 1.54) is 0 Å². The molecule has 0 aromatic carbocycles. The van der Waals surface area contributed by atoms with Crippen molar-refractivity contribution in [3.8, 4) is 0 Å². The summed E-state index contributed by atoms with van der Waals surface area (Å²) >= 11 is 0. The molecule has 0 spiro atoms. The third-order valence-electron chi connectivity index (χ3n) is 2.35. The van der Waals surface area contributed by atoms with E-state index in [-0.39, 0.29) is 0 Å². The number of hydrogen-bond donors (Lipinski definition) is 0. The van der Waals surface area contributed by atoms with Crippen molar-refractivity contribution in [2.75, 3.05) is 26.3 Å². The van der Waals surface area contributed by atoms with E-state index >= 15 is 0 Å². The van der Waals surface area contributed by atoms with Crippen LogP contribution < -0.4 is 0 Å². The molecule has 1 aliphatic heterocycles. The highest BCUT2D eigenvalue weighted by Gasteiger charge is 2.13. The summed E-state index contributed by atoms with van der Waals surface area (Å²) in [6.45, 7) is 7.45. The first-order valence-electron chi connectivity index (χ1n) is 4.81. The van der Waals surface area contributed by atoms with E-state index in [4.69, 9.17) is 4.74 Å². The topological polar surface area (TPSA) is 25.4 Å². The second kappa shape index (κ2) is 4.24. The van der Waals surface area contributed by atoms with Crippen LogP contribution in [-0.4, -0.2) is 36.2 Å². The molecule has 0 unspecified atom stereocenters. The Hall–Kier alpha value is -1.35. The molecule has 0 saturated carbocycles. The maximum atomic E-state index is 5.28. The van der Waals surface area contributed by atoms with Gasteiger partial charge < -0.3 is 9.64 Å². The van der Waals surface area contributed by atoms with E-state index in [9.17, 15) is 0 Å². The zero-order valence-corrected chi connectivity index (χ0v) is 8.15. The van der Waals surface area contributed by atoms with Crippen molar-refractivity contribution in [2.24, 2.45) is 0 Å². The molecule has 0 amide bonds. The Bertz CT molecular complexity index is 304. The number of pyridine rings is 1. The summed E-state index contributed by atoms with van der Waals surface area (Å²) in [5.74, 6) is 0. The predicted octanol–water partition coefficient (Wildman–Crippen LogP) is 1.38. The minimum Gasteiger partial charge on any atom is -0.378 e. The van der Waals surface area contributed by atoms with E-state index < -0.39 is 0 Å². The third-order valence-corrected chi connectivity index (χ3v) is 2.35. The average molecular weight is 190 g/mol. The smallest absolute Gasteiger partial charge is 0.0856 e. The molecule has 14 heavy (non-hydrogen) atoms. The van der Waals surface area contributed by atoms with Crippen LogP contribution >= 0.6 is 0 Å². The van der Waals surface area contributed by atoms with Gasteiger partial charge in [-0.05, 0) is 12.1 Å². The summed E-state index contributed by atoms with van der Waals surface area (Å²) in [7, 11) is 0. The molecule has 0 bridgehead atoms. The van der Waals surface area contributed by atoms with Gasteiger partial charge in [0.1, 0.15) is 0 Å². The fourth-order valence-corrected chi connectivity index (χ4v) is 1.53. The molecule has 2 heterocycles. The van der Waals surface area contributed by atoms with Gasteiger partial charge in [-0.25, -0.2) is 0 Å². The summed E-state index contributed by atoms with van der Waals surface area (Å²) in [6, 6.07) is 5.88. The molecular formula is C11H14N2O. The van der Waals surface area contributed by atoms with Crippen LogP contribution in [0.3, 0.4) is 0 Å². The van der Waals surface area contributed by atoms with Crippen molar-refractivity contribution in [1.82, 2.24) is 9.88 Å². The fraction of sp³-hybridized carbons (Fsp3) is 0.364. The molecular weight excluding hydrogens is 176 g/mol. The van der Waals surface area contributed by atoms with Crippen LogP contribution in [0.15, 0.2) is 31.0 Å². The molecule has 1 aromatic rings. The molecule has 3 nitrogen and oxygen atoms in total. The molecule has 3 heteroatoms. The molecule has 2 rings (SSSR count). The van der Waals surface area contributed by atoms with Crippen LogP contribution in [0.25, 0.3) is 5.70 Å².